The van der Waals surface area contributed by atoms with E-state index in [-0.39, 0.29) is 5.02 Å². The van der Waals surface area contributed by atoms with Crippen molar-refractivity contribution in [1.82, 2.24) is 5.32 Å². The monoisotopic (exact) mass is 313 g/mol. The second-order valence-electron chi connectivity index (χ2n) is 4.31. The number of hydrogen-bond acceptors (Lipinski definition) is 2. The Labute approximate surface area is 127 Å². The van der Waals surface area contributed by atoms with E-state index in [1.165, 1.54) is 6.07 Å². The van der Waals surface area contributed by atoms with Gasteiger partial charge < -0.3 is 10.1 Å². The third-order valence-electron chi connectivity index (χ3n) is 2.87. The Balaban J connectivity index is 1.99. The van der Waals surface area contributed by atoms with Crippen LogP contribution in [0.25, 0.3) is 0 Å². The van der Waals surface area contributed by atoms with Crippen LogP contribution in [0.15, 0.2) is 36.4 Å². The summed E-state index contributed by atoms with van der Waals surface area (Å²) in [6.07, 6.45) is 0. The number of benzene rings is 2. The zero-order valence-corrected chi connectivity index (χ0v) is 12.4. The molecule has 0 radical (unpaired) electrons. The van der Waals surface area contributed by atoms with Gasteiger partial charge >= 0.3 is 0 Å². The van der Waals surface area contributed by atoms with Gasteiger partial charge in [-0.05, 0) is 35.9 Å². The first kappa shape index (κ1) is 15.1. The quantitative estimate of drug-likeness (QED) is 0.881. The Bertz CT molecular complexity index is 604. The number of methoxy groups -OCH3 is 1. The maximum Gasteiger partial charge on any atom is 0.141 e. The molecule has 20 heavy (non-hydrogen) atoms. The van der Waals surface area contributed by atoms with Crippen LogP contribution in [0.3, 0.4) is 0 Å². The molecular formula is C15H14Cl2FNO. The Morgan fingerprint density at radius 1 is 1.10 bits per heavy atom. The van der Waals surface area contributed by atoms with Gasteiger partial charge in [0.05, 0.1) is 12.1 Å². The van der Waals surface area contributed by atoms with Crippen molar-refractivity contribution in [3.05, 3.63) is 63.4 Å². The van der Waals surface area contributed by atoms with Crippen LogP contribution in [-0.4, -0.2) is 7.11 Å². The molecule has 106 valence electrons. The molecule has 0 amide bonds. The molecule has 0 saturated carbocycles. The van der Waals surface area contributed by atoms with Crippen molar-refractivity contribution in [2.75, 3.05) is 7.11 Å². The second-order valence-corrected chi connectivity index (χ2v) is 5.15. The number of nitrogens with one attached hydrogen (secondary N) is 1. The van der Waals surface area contributed by atoms with Gasteiger partial charge in [-0.15, -0.1) is 0 Å². The highest BCUT2D eigenvalue weighted by Crippen LogP contribution is 2.22. The summed E-state index contributed by atoms with van der Waals surface area (Å²) in [5.41, 5.74) is 1.88. The summed E-state index contributed by atoms with van der Waals surface area (Å²) in [7, 11) is 1.62. The van der Waals surface area contributed by atoms with Crippen LogP contribution >= 0.6 is 23.2 Å². The second kappa shape index (κ2) is 6.93. The summed E-state index contributed by atoms with van der Waals surface area (Å²) in [6.45, 7) is 1.17. The molecule has 0 spiro atoms. The van der Waals surface area contributed by atoms with Crippen LogP contribution in [0.1, 0.15) is 11.1 Å². The number of ether oxygens (including phenoxy) is 1. The maximum absolute atomic E-state index is 13.0. The van der Waals surface area contributed by atoms with Crippen LogP contribution in [0.2, 0.25) is 10.0 Å². The van der Waals surface area contributed by atoms with Gasteiger partial charge in [-0.2, -0.15) is 0 Å². The fourth-order valence-corrected chi connectivity index (χ4v) is 2.27. The SMILES string of the molecule is COc1ccc(Cl)cc1CNCc1ccc(F)c(Cl)c1. The topological polar surface area (TPSA) is 21.3 Å². The lowest BCUT2D eigenvalue weighted by molar-refractivity contribution is 0.407. The van der Waals surface area contributed by atoms with Crippen molar-refractivity contribution in [3.8, 4) is 5.75 Å². The fourth-order valence-electron chi connectivity index (χ4n) is 1.88. The Kier molecular flexibility index (Phi) is 5.24. The first-order valence-corrected chi connectivity index (χ1v) is 6.83. The van der Waals surface area contributed by atoms with Crippen LogP contribution in [0, 0.1) is 5.82 Å². The van der Waals surface area contributed by atoms with E-state index in [2.05, 4.69) is 5.32 Å². The van der Waals surface area contributed by atoms with Gasteiger partial charge in [0, 0.05) is 23.7 Å². The summed E-state index contributed by atoms with van der Waals surface area (Å²) >= 11 is 11.7. The molecule has 0 aliphatic carbocycles. The molecule has 2 aromatic rings. The van der Waals surface area contributed by atoms with Crippen LogP contribution in [0.5, 0.6) is 5.75 Å². The van der Waals surface area contributed by atoms with Gasteiger partial charge in [0.2, 0.25) is 0 Å². The minimum atomic E-state index is -0.410. The molecule has 2 aromatic carbocycles. The highest BCUT2D eigenvalue weighted by Gasteiger charge is 2.04. The standard InChI is InChI=1S/C15H14Cl2FNO/c1-20-15-5-3-12(16)7-11(15)9-19-8-10-2-4-14(18)13(17)6-10/h2-7,19H,8-9H2,1H3. The van der Waals surface area contributed by atoms with E-state index in [4.69, 9.17) is 27.9 Å². The molecule has 2 rings (SSSR count). The zero-order chi connectivity index (χ0) is 14.5. The molecule has 2 nitrogen and oxygen atoms in total. The molecule has 0 aliphatic heterocycles. The predicted octanol–water partition coefficient (Wildman–Crippen LogP) is 4.43. The molecule has 0 saturated heterocycles. The van der Waals surface area contributed by atoms with E-state index < -0.39 is 5.82 Å². The van der Waals surface area contributed by atoms with Crippen molar-refractivity contribution in [2.24, 2.45) is 0 Å². The molecule has 0 aliphatic rings. The molecule has 1 N–H and O–H groups in total. The van der Waals surface area contributed by atoms with Crippen LogP contribution in [-0.2, 0) is 13.1 Å². The summed E-state index contributed by atoms with van der Waals surface area (Å²) in [5.74, 6) is 0.367. The Morgan fingerprint density at radius 2 is 1.90 bits per heavy atom. The molecular weight excluding hydrogens is 300 g/mol. The zero-order valence-electron chi connectivity index (χ0n) is 10.9. The van der Waals surface area contributed by atoms with E-state index >= 15 is 0 Å². The van der Waals surface area contributed by atoms with Gasteiger partial charge in [0.15, 0.2) is 0 Å². The molecule has 0 aromatic heterocycles. The van der Waals surface area contributed by atoms with Crippen molar-refractivity contribution >= 4 is 23.2 Å². The van der Waals surface area contributed by atoms with Crippen molar-refractivity contribution in [3.63, 3.8) is 0 Å². The van der Waals surface area contributed by atoms with E-state index in [0.29, 0.717) is 18.1 Å². The largest absolute Gasteiger partial charge is 0.496 e. The summed E-state index contributed by atoms with van der Waals surface area (Å²) in [6, 6.07) is 10.1. The normalized spacial score (nSPS) is 10.6. The van der Waals surface area contributed by atoms with Gasteiger partial charge in [-0.3, -0.25) is 0 Å². The minimum absolute atomic E-state index is 0.129. The highest BCUT2D eigenvalue weighted by atomic mass is 35.5. The lowest BCUT2D eigenvalue weighted by atomic mass is 10.2. The molecule has 0 atom stereocenters. The fraction of sp³-hybridized carbons (Fsp3) is 0.200. The Morgan fingerprint density at radius 3 is 2.60 bits per heavy atom. The molecule has 0 unspecified atom stereocenters. The average Bonchev–Trinajstić information content (AvgIpc) is 2.43. The third-order valence-corrected chi connectivity index (χ3v) is 3.40. The van der Waals surface area contributed by atoms with E-state index in [9.17, 15) is 4.39 Å². The van der Waals surface area contributed by atoms with Crippen molar-refractivity contribution in [2.45, 2.75) is 13.1 Å². The third kappa shape index (κ3) is 3.85. The van der Waals surface area contributed by atoms with E-state index in [1.807, 2.05) is 12.1 Å². The number of rotatable bonds is 5. The summed E-state index contributed by atoms with van der Waals surface area (Å²) in [4.78, 5) is 0. The van der Waals surface area contributed by atoms with Crippen molar-refractivity contribution in [1.29, 1.82) is 0 Å². The molecule has 0 bridgehead atoms. The predicted molar refractivity (Wildman–Crippen MR) is 80.0 cm³/mol. The average molecular weight is 314 g/mol. The molecule has 5 heteroatoms. The first-order valence-electron chi connectivity index (χ1n) is 6.07. The summed E-state index contributed by atoms with van der Waals surface area (Å²) in [5, 5.41) is 4.04. The lowest BCUT2D eigenvalue weighted by Gasteiger charge is -2.10. The molecule has 0 fully saturated rings. The van der Waals surface area contributed by atoms with Gasteiger partial charge in [0.1, 0.15) is 11.6 Å². The highest BCUT2D eigenvalue weighted by molar-refractivity contribution is 6.31. The summed E-state index contributed by atoms with van der Waals surface area (Å²) < 4.78 is 18.3. The first-order chi connectivity index (χ1) is 9.60. The number of hydrogen-bond donors (Lipinski definition) is 1. The smallest absolute Gasteiger partial charge is 0.141 e. The lowest BCUT2D eigenvalue weighted by Crippen LogP contribution is -2.13. The minimum Gasteiger partial charge on any atom is -0.496 e. The van der Waals surface area contributed by atoms with Crippen LogP contribution < -0.4 is 10.1 Å². The van der Waals surface area contributed by atoms with Gasteiger partial charge in [-0.1, -0.05) is 29.3 Å². The van der Waals surface area contributed by atoms with Crippen molar-refractivity contribution < 1.29 is 9.13 Å². The number of halogens is 3. The Hall–Kier alpha value is -1.29. The van der Waals surface area contributed by atoms with Gasteiger partial charge in [-0.25, -0.2) is 4.39 Å². The van der Waals surface area contributed by atoms with E-state index in [0.717, 1.165) is 16.9 Å². The maximum atomic E-state index is 13.0. The van der Waals surface area contributed by atoms with Crippen LogP contribution in [0.4, 0.5) is 4.39 Å². The van der Waals surface area contributed by atoms with Gasteiger partial charge in [0.25, 0.3) is 0 Å². The molecule has 0 heterocycles. The van der Waals surface area contributed by atoms with E-state index in [1.54, 1.807) is 25.3 Å².